The van der Waals surface area contributed by atoms with Gasteiger partial charge in [-0.2, -0.15) is 0 Å². The molecule has 0 atom stereocenters. The van der Waals surface area contributed by atoms with Crippen LogP contribution in [0.25, 0.3) is 0 Å². The fourth-order valence-corrected chi connectivity index (χ4v) is 1.57. The molecule has 0 aliphatic heterocycles. The zero-order valence-corrected chi connectivity index (χ0v) is 11.1. The number of aromatic nitrogens is 3. The lowest BCUT2D eigenvalue weighted by Gasteiger charge is -2.11. The molecule has 6 heteroatoms. The lowest BCUT2D eigenvalue weighted by Crippen LogP contribution is -2.13. The topological polar surface area (TPSA) is 88.8 Å². The average Bonchev–Trinajstić information content (AvgIpc) is 2.45. The van der Waals surface area contributed by atoms with Gasteiger partial charge in [-0.1, -0.05) is 19.9 Å². The highest BCUT2D eigenvalue weighted by Crippen LogP contribution is 2.16. The van der Waals surface area contributed by atoms with Crippen molar-refractivity contribution in [2.75, 3.05) is 10.7 Å². The third kappa shape index (κ3) is 3.62. The van der Waals surface area contributed by atoms with E-state index in [0.717, 1.165) is 17.3 Å². The lowest BCUT2D eigenvalue weighted by molar-refractivity contribution is 0.775. The molecule has 4 N–H and O–H groups in total. The minimum atomic E-state index is 0.240. The van der Waals surface area contributed by atoms with Gasteiger partial charge in [-0.3, -0.25) is 4.98 Å². The number of rotatable bonds is 5. The Morgan fingerprint density at radius 2 is 2.00 bits per heavy atom. The van der Waals surface area contributed by atoms with Crippen LogP contribution in [0.15, 0.2) is 30.5 Å². The molecule has 0 spiro atoms. The van der Waals surface area contributed by atoms with E-state index in [-0.39, 0.29) is 5.92 Å². The van der Waals surface area contributed by atoms with Crippen LogP contribution in [0.1, 0.15) is 31.3 Å². The molecule has 2 heterocycles. The molecule has 0 unspecified atom stereocenters. The SMILES string of the molecule is CC(C)c1nc(NN)cc(NCc2ccccn2)n1. The number of anilines is 2. The van der Waals surface area contributed by atoms with Gasteiger partial charge in [-0.25, -0.2) is 15.8 Å². The predicted molar refractivity (Wildman–Crippen MR) is 75.5 cm³/mol. The number of nitrogens with two attached hydrogens (primary N) is 1. The molecule has 0 aliphatic carbocycles. The van der Waals surface area contributed by atoms with Crippen LogP contribution in [-0.4, -0.2) is 15.0 Å². The lowest BCUT2D eigenvalue weighted by atomic mass is 10.2. The van der Waals surface area contributed by atoms with Crippen molar-refractivity contribution in [3.05, 3.63) is 42.0 Å². The monoisotopic (exact) mass is 258 g/mol. The van der Waals surface area contributed by atoms with Gasteiger partial charge in [0, 0.05) is 18.2 Å². The van der Waals surface area contributed by atoms with Gasteiger partial charge in [0.15, 0.2) is 0 Å². The molecule has 0 fully saturated rings. The van der Waals surface area contributed by atoms with E-state index in [1.165, 1.54) is 0 Å². The molecular weight excluding hydrogens is 240 g/mol. The Kier molecular flexibility index (Phi) is 4.25. The van der Waals surface area contributed by atoms with Gasteiger partial charge in [-0.15, -0.1) is 0 Å². The molecular formula is C13H18N6. The molecule has 0 aromatic carbocycles. The Labute approximate surface area is 112 Å². The average molecular weight is 258 g/mol. The van der Waals surface area contributed by atoms with E-state index >= 15 is 0 Å². The Morgan fingerprint density at radius 1 is 1.21 bits per heavy atom. The first-order valence-electron chi connectivity index (χ1n) is 6.18. The first-order chi connectivity index (χ1) is 9.19. The maximum atomic E-state index is 5.41. The van der Waals surface area contributed by atoms with Gasteiger partial charge in [0.1, 0.15) is 17.5 Å². The molecule has 2 aromatic rings. The van der Waals surface area contributed by atoms with Crippen molar-refractivity contribution in [2.24, 2.45) is 5.84 Å². The van der Waals surface area contributed by atoms with E-state index in [1.54, 1.807) is 12.3 Å². The van der Waals surface area contributed by atoms with Crippen molar-refractivity contribution >= 4 is 11.6 Å². The van der Waals surface area contributed by atoms with Gasteiger partial charge in [0.05, 0.1) is 12.2 Å². The first kappa shape index (κ1) is 13.2. The van der Waals surface area contributed by atoms with Gasteiger partial charge in [0.25, 0.3) is 0 Å². The fourth-order valence-electron chi connectivity index (χ4n) is 1.57. The highest BCUT2D eigenvalue weighted by atomic mass is 15.3. The number of nitrogens with zero attached hydrogens (tertiary/aromatic N) is 3. The summed E-state index contributed by atoms with van der Waals surface area (Å²) in [5.74, 6) is 7.74. The van der Waals surface area contributed by atoms with Crippen LogP contribution in [0.4, 0.5) is 11.6 Å². The maximum absolute atomic E-state index is 5.41. The zero-order chi connectivity index (χ0) is 13.7. The molecule has 0 saturated heterocycles. The number of nitrogens with one attached hydrogen (secondary N) is 2. The second-order valence-electron chi connectivity index (χ2n) is 4.47. The van der Waals surface area contributed by atoms with Crippen LogP contribution in [-0.2, 0) is 6.54 Å². The zero-order valence-electron chi connectivity index (χ0n) is 11.1. The summed E-state index contributed by atoms with van der Waals surface area (Å²) in [5, 5.41) is 3.22. The summed E-state index contributed by atoms with van der Waals surface area (Å²) in [6.07, 6.45) is 1.77. The van der Waals surface area contributed by atoms with Crippen LogP contribution in [0.2, 0.25) is 0 Å². The highest BCUT2D eigenvalue weighted by Gasteiger charge is 2.07. The van der Waals surface area contributed by atoms with E-state index in [2.05, 4.69) is 25.7 Å². The van der Waals surface area contributed by atoms with Crippen LogP contribution in [0.5, 0.6) is 0 Å². The summed E-state index contributed by atoms with van der Waals surface area (Å²) in [5.41, 5.74) is 3.51. The van der Waals surface area contributed by atoms with Crippen molar-refractivity contribution in [1.82, 2.24) is 15.0 Å². The largest absolute Gasteiger partial charge is 0.364 e. The predicted octanol–water partition coefficient (Wildman–Crippen LogP) is 1.89. The molecule has 2 aromatic heterocycles. The van der Waals surface area contributed by atoms with Crippen LogP contribution >= 0.6 is 0 Å². The number of nitrogen functional groups attached to an aromatic ring is 1. The summed E-state index contributed by atoms with van der Waals surface area (Å²) in [7, 11) is 0. The normalized spacial score (nSPS) is 10.5. The van der Waals surface area contributed by atoms with Crippen molar-refractivity contribution in [3.63, 3.8) is 0 Å². The van der Waals surface area contributed by atoms with Gasteiger partial charge in [-0.05, 0) is 12.1 Å². The minimum Gasteiger partial charge on any atom is -0.364 e. The van der Waals surface area contributed by atoms with E-state index in [0.29, 0.717) is 12.4 Å². The molecule has 0 saturated carbocycles. The van der Waals surface area contributed by atoms with Gasteiger partial charge < -0.3 is 10.7 Å². The quantitative estimate of drug-likeness (QED) is 0.560. The fraction of sp³-hybridized carbons (Fsp3) is 0.308. The number of hydrazine groups is 1. The number of hydrogen-bond donors (Lipinski definition) is 3. The maximum Gasteiger partial charge on any atom is 0.145 e. The van der Waals surface area contributed by atoms with E-state index in [4.69, 9.17) is 5.84 Å². The molecule has 0 amide bonds. The summed E-state index contributed by atoms with van der Waals surface area (Å²) in [6.45, 7) is 4.69. The Morgan fingerprint density at radius 3 is 2.63 bits per heavy atom. The molecule has 0 aliphatic rings. The molecule has 6 nitrogen and oxygen atoms in total. The second-order valence-corrected chi connectivity index (χ2v) is 4.47. The van der Waals surface area contributed by atoms with Crippen molar-refractivity contribution < 1.29 is 0 Å². The molecule has 0 radical (unpaired) electrons. The van der Waals surface area contributed by atoms with Crippen molar-refractivity contribution in [1.29, 1.82) is 0 Å². The highest BCUT2D eigenvalue weighted by molar-refractivity contribution is 5.47. The second kappa shape index (κ2) is 6.10. The van der Waals surface area contributed by atoms with Crippen molar-refractivity contribution in [2.45, 2.75) is 26.3 Å². The number of hydrogen-bond acceptors (Lipinski definition) is 6. The molecule has 100 valence electrons. The van der Waals surface area contributed by atoms with Gasteiger partial charge >= 0.3 is 0 Å². The number of pyridine rings is 1. The van der Waals surface area contributed by atoms with Crippen LogP contribution in [0.3, 0.4) is 0 Å². The summed E-state index contributed by atoms with van der Waals surface area (Å²) in [6, 6.07) is 7.58. The third-order valence-corrected chi connectivity index (χ3v) is 2.58. The summed E-state index contributed by atoms with van der Waals surface area (Å²) < 4.78 is 0. The van der Waals surface area contributed by atoms with Crippen LogP contribution < -0.4 is 16.6 Å². The minimum absolute atomic E-state index is 0.240. The van der Waals surface area contributed by atoms with E-state index < -0.39 is 0 Å². The Bertz CT molecular complexity index is 526. The van der Waals surface area contributed by atoms with Crippen molar-refractivity contribution in [3.8, 4) is 0 Å². The molecule has 2 rings (SSSR count). The summed E-state index contributed by atoms with van der Waals surface area (Å²) in [4.78, 5) is 13.0. The van der Waals surface area contributed by atoms with Crippen LogP contribution in [0, 0.1) is 0 Å². The smallest absolute Gasteiger partial charge is 0.145 e. The van der Waals surface area contributed by atoms with Gasteiger partial charge in [0.2, 0.25) is 0 Å². The Balaban J connectivity index is 2.13. The standard InChI is InChI=1S/C13H18N6/c1-9(2)13-17-11(7-12(18-13)19-14)16-8-10-5-3-4-6-15-10/h3-7,9H,8,14H2,1-2H3,(H2,16,17,18,19). The molecule has 0 bridgehead atoms. The molecule has 19 heavy (non-hydrogen) atoms. The first-order valence-corrected chi connectivity index (χ1v) is 6.18. The Hall–Kier alpha value is -2.21. The van der Waals surface area contributed by atoms with E-state index in [1.807, 2.05) is 32.0 Å². The van der Waals surface area contributed by atoms with E-state index in [9.17, 15) is 0 Å². The third-order valence-electron chi connectivity index (χ3n) is 2.58. The summed E-state index contributed by atoms with van der Waals surface area (Å²) >= 11 is 0.